The predicted molar refractivity (Wildman–Crippen MR) is 95.7 cm³/mol. The molecule has 6 heteroatoms. The summed E-state index contributed by atoms with van der Waals surface area (Å²) in [5, 5.41) is 13.1. The Morgan fingerprint density at radius 2 is 2.04 bits per heavy atom. The minimum Gasteiger partial charge on any atom is -0.493 e. The molecule has 1 aliphatic carbocycles. The van der Waals surface area contributed by atoms with Gasteiger partial charge in [0.05, 0.1) is 12.3 Å². The predicted octanol–water partition coefficient (Wildman–Crippen LogP) is 3.92. The summed E-state index contributed by atoms with van der Waals surface area (Å²) in [5.74, 6) is 2.41. The fraction of sp³-hybridized carbons (Fsp3) is 0.389. The molecular weight excluding hydrogens is 320 g/mol. The third-order valence-corrected chi connectivity index (χ3v) is 5.07. The van der Waals surface area contributed by atoms with Gasteiger partial charge in [-0.3, -0.25) is 0 Å². The van der Waals surface area contributed by atoms with Crippen molar-refractivity contribution in [3.8, 4) is 17.0 Å². The first-order chi connectivity index (χ1) is 11.7. The maximum Gasteiger partial charge on any atom is 0.180 e. The number of ether oxygens (including phenoxy) is 1. The van der Waals surface area contributed by atoms with Crippen molar-refractivity contribution in [3.05, 3.63) is 35.7 Å². The van der Waals surface area contributed by atoms with E-state index in [2.05, 4.69) is 40.7 Å². The first kappa shape index (κ1) is 15.4. The summed E-state index contributed by atoms with van der Waals surface area (Å²) in [6.45, 7) is 4.75. The second-order valence-electron chi connectivity index (χ2n) is 6.31. The summed E-state index contributed by atoms with van der Waals surface area (Å²) in [4.78, 5) is 1.20. The van der Waals surface area contributed by atoms with Gasteiger partial charge in [0.15, 0.2) is 11.5 Å². The maximum absolute atomic E-state index is 6.09. The molecule has 2 aromatic heterocycles. The molecule has 0 aliphatic heterocycles. The summed E-state index contributed by atoms with van der Waals surface area (Å²) in [6.07, 6.45) is 4.64. The maximum atomic E-state index is 6.09. The molecule has 0 amide bonds. The average molecular weight is 340 g/mol. The number of thioether (sulfide) groups is 1. The van der Waals surface area contributed by atoms with Gasteiger partial charge in [-0.25, -0.2) is 0 Å². The van der Waals surface area contributed by atoms with E-state index in [1.54, 1.807) is 16.3 Å². The highest BCUT2D eigenvalue weighted by Crippen LogP contribution is 2.35. The second kappa shape index (κ2) is 6.09. The van der Waals surface area contributed by atoms with E-state index in [1.165, 1.54) is 17.7 Å². The summed E-state index contributed by atoms with van der Waals surface area (Å²) in [5.41, 5.74) is 3.78. The van der Waals surface area contributed by atoms with E-state index in [0.717, 1.165) is 46.6 Å². The van der Waals surface area contributed by atoms with E-state index in [0.29, 0.717) is 0 Å². The highest BCUT2D eigenvalue weighted by atomic mass is 32.2. The molecule has 0 bridgehead atoms. The molecule has 4 rings (SSSR count). The van der Waals surface area contributed by atoms with Gasteiger partial charge in [0.1, 0.15) is 5.75 Å². The average Bonchev–Trinajstić information content (AvgIpc) is 3.35. The molecule has 2 heterocycles. The minimum absolute atomic E-state index is 0.718. The van der Waals surface area contributed by atoms with Crippen molar-refractivity contribution in [2.45, 2.75) is 31.6 Å². The Balaban J connectivity index is 1.82. The van der Waals surface area contributed by atoms with E-state index < -0.39 is 0 Å². The molecule has 0 N–H and O–H groups in total. The molecular formula is C18H20N4OS. The summed E-state index contributed by atoms with van der Waals surface area (Å²) >= 11 is 1.72. The largest absolute Gasteiger partial charge is 0.493 e. The minimum atomic E-state index is 0.718. The molecule has 1 fully saturated rings. The quantitative estimate of drug-likeness (QED) is 0.659. The summed E-state index contributed by atoms with van der Waals surface area (Å²) < 4.78 is 7.90. The fourth-order valence-electron chi connectivity index (χ4n) is 2.72. The van der Waals surface area contributed by atoms with Crippen LogP contribution < -0.4 is 4.74 Å². The number of hydrogen-bond acceptors (Lipinski definition) is 5. The number of rotatable bonds is 5. The highest BCUT2D eigenvalue weighted by Gasteiger charge is 2.23. The highest BCUT2D eigenvalue weighted by molar-refractivity contribution is 7.98. The van der Waals surface area contributed by atoms with E-state index in [1.807, 2.05) is 13.8 Å². The van der Waals surface area contributed by atoms with Gasteiger partial charge >= 0.3 is 0 Å². The summed E-state index contributed by atoms with van der Waals surface area (Å²) in [6, 6.07) is 8.38. The second-order valence-corrected chi connectivity index (χ2v) is 7.19. The number of hydrogen-bond donors (Lipinski definition) is 0. The third kappa shape index (κ3) is 2.86. The number of aryl methyl sites for hydroxylation is 2. The van der Waals surface area contributed by atoms with Gasteiger partial charge in [0.25, 0.3) is 0 Å². The van der Waals surface area contributed by atoms with Gasteiger partial charge in [0.2, 0.25) is 0 Å². The van der Waals surface area contributed by atoms with Crippen LogP contribution in [-0.2, 0) is 0 Å². The SMILES string of the molecule is CSc1ccc(OCC2CC2)c(-c2cc(C)c3nnc(C)n3n2)c1. The normalized spacial score (nSPS) is 14.3. The van der Waals surface area contributed by atoms with Gasteiger partial charge in [0, 0.05) is 10.5 Å². The Morgan fingerprint density at radius 1 is 1.21 bits per heavy atom. The number of aromatic nitrogens is 4. The van der Waals surface area contributed by atoms with Crippen molar-refractivity contribution in [3.63, 3.8) is 0 Å². The van der Waals surface area contributed by atoms with Gasteiger partial charge in [-0.2, -0.15) is 9.61 Å². The van der Waals surface area contributed by atoms with Crippen LogP contribution in [0.15, 0.2) is 29.2 Å². The van der Waals surface area contributed by atoms with Crippen LogP contribution in [-0.4, -0.2) is 32.7 Å². The van der Waals surface area contributed by atoms with Crippen LogP contribution in [0, 0.1) is 19.8 Å². The van der Waals surface area contributed by atoms with Crippen LogP contribution in [0.3, 0.4) is 0 Å². The molecule has 3 aromatic rings. The van der Waals surface area contributed by atoms with Crippen molar-refractivity contribution in [1.82, 2.24) is 19.8 Å². The molecule has 0 unspecified atom stereocenters. The van der Waals surface area contributed by atoms with Gasteiger partial charge in [-0.1, -0.05) is 0 Å². The van der Waals surface area contributed by atoms with E-state index in [4.69, 9.17) is 9.84 Å². The van der Waals surface area contributed by atoms with E-state index in [9.17, 15) is 0 Å². The van der Waals surface area contributed by atoms with Crippen molar-refractivity contribution in [2.75, 3.05) is 12.9 Å². The lowest BCUT2D eigenvalue weighted by Crippen LogP contribution is -2.03. The topological polar surface area (TPSA) is 52.3 Å². The van der Waals surface area contributed by atoms with Crippen LogP contribution in [0.5, 0.6) is 5.75 Å². The van der Waals surface area contributed by atoms with Crippen LogP contribution >= 0.6 is 11.8 Å². The molecule has 0 saturated heterocycles. The lowest BCUT2D eigenvalue weighted by molar-refractivity contribution is 0.300. The molecule has 1 saturated carbocycles. The molecule has 5 nitrogen and oxygen atoms in total. The zero-order valence-corrected chi connectivity index (χ0v) is 14.9. The van der Waals surface area contributed by atoms with Crippen LogP contribution in [0.1, 0.15) is 24.2 Å². The lowest BCUT2D eigenvalue weighted by Gasteiger charge is -2.13. The van der Waals surface area contributed by atoms with Gasteiger partial charge in [-0.05, 0) is 68.7 Å². The van der Waals surface area contributed by atoms with E-state index in [-0.39, 0.29) is 0 Å². The van der Waals surface area contributed by atoms with Crippen molar-refractivity contribution >= 4 is 17.4 Å². The number of benzene rings is 1. The molecule has 24 heavy (non-hydrogen) atoms. The first-order valence-corrected chi connectivity index (χ1v) is 9.39. The monoisotopic (exact) mass is 340 g/mol. The van der Waals surface area contributed by atoms with Crippen molar-refractivity contribution in [2.24, 2.45) is 5.92 Å². The number of nitrogens with zero attached hydrogens (tertiary/aromatic N) is 4. The first-order valence-electron chi connectivity index (χ1n) is 8.16. The Labute approximate surface area is 145 Å². The van der Waals surface area contributed by atoms with Crippen LogP contribution in [0.2, 0.25) is 0 Å². The molecule has 0 spiro atoms. The molecule has 1 aromatic carbocycles. The smallest absolute Gasteiger partial charge is 0.180 e. The van der Waals surface area contributed by atoms with Crippen molar-refractivity contribution < 1.29 is 4.74 Å². The standard InChI is InChI=1S/C18H20N4OS/c1-11-8-16(21-22-12(2)19-20-18(11)22)15-9-14(24-3)6-7-17(15)23-10-13-4-5-13/h6-9,13H,4-5,10H2,1-3H3. The summed E-state index contributed by atoms with van der Waals surface area (Å²) in [7, 11) is 0. The Bertz CT molecular complexity index is 901. The molecule has 0 radical (unpaired) electrons. The Morgan fingerprint density at radius 3 is 2.79 bits per heavy atom. The lowest BCUT2D eigenvalue weighted by atomic mass is 10.1. The van der Waals surface area contributed by atoms with Crippen molar-refractivity contribution in [1.29, 1.82) is 0 Å². The zero-order chi connectivity index (χ0) is 16.7. The zero-order valence-electron chi connectivity index (χ0n) is 14.1. The van der Waals surface area contributed by atoms with E-state index >= 15 is 0 Å². The van der Waals surface area contributed by atoms with Crippen LogP contribution in [0.4, 0.5) is 0 Å². The van der Waals surface area contributed by atoms with Gasteiger partial charge < -0.3 is 4.74 Å². The molecule has 124 valence electrons. The Hall–Kier alpha value is -2.08. The molecule has 0 atom stereocenters. The third-order valence-electron chi connectivity index (χ3n) is 4.34. The number of fused-ring (bicyclic) bond motifs is 1. The van der Waals surface area contributed by atoms with Gasteiger partial charge in [-0.15, -0.1) is 22.0 Å². The Kier molecular flexibility index (Phi) is 3.92. The molecule has 1 aliphatic rings. The fourth-order valence-corrected chi connectivity index (χ4v) is 3.16. The van der Waals surface area contributed by atoms with Crippen LogP contribution in [0.25, 0.3) is 16.9 Å².